The lowest BCUT2D eigenvalue weighted by molar-refractivity contribution is -0.150. The lowest BCUT2D eigenvalue weighted by Crippen LogP contribution is -2.43. The van der Waals surface area contributed by atoms with Gasteiger partial charge in [0.05, 0.1) is 12.5 Å². The topological polar surface area (TPSA) is 38.3 Å². The molecule has 1 fully saturated rings. The molecule has 1 N–H and O–H groups in total. The molecule has 0 amide bonds. The third-order valence-electron chi connectivity index (χ3n) is 3.12. The van der Waals surface area contributed by atoms with Crippen LogP contribution in [0.3, 0.4) is 0 Å². The monoisotopic (exact) mass is 235 g/mol. The molecule has 90 valence electrons. The van der Waals surface area contributed by atoms with Crippen molar-refractivity contribution in [2.45, 2.75) is 39.7 Å². The molecule has 0 spiro atoms. The summed E-state index contributed by atoms with van der Waals surface area (Å²) in [5.74, 6) is 0.411. The van der Waals surface area contributed by atoms with Crippen LogP contribution in [-0.2, 0) is 9.53 Å². The normalized spacial score (nSPS) is 27.7. The molecule has 4 heteroatoms. The number of rotatable bonds is 3. The van der Waals surface area contributed by atoms with E-state index in [1.165, 1.54) is 6.42 Å². The van der Waals surface area contributed by atoms with Crippen molar-refractivity contribution in [2.24, 2.45) is 11.8 Å². The molecule has 3 unspecified atom stereocenters. The fourth-order valence-corrected chi connectivity index (χ4v) is 2.20. The number of ether oxygens (including phenoxy) is 1. The summed E-state index contributed by atoms with van der Waals surface area (Å²) >= 11 is 0. The number of hydrogen-bond acceptors (Lipinski definition) is 3. The lowest BCUT2D eigenvalue weighted by atomic mass is 9.82. The Labute approximate surface area is 98.4 Å². The summed E-state index contributed by atoms with van der Waals surface area (Å²) < 4.78 is 5.04. The van der Waals surface area contributed by atoms with Crippen molar-refractivity contribution in [2.75, 3.05) is 13.2 Å². The first kappa shape index (κ1) is 14.7. The van der Waals surface area contributed by atoms with Gasteiger partial charge in [0.25, 0.3) is 0 Å². The van der Waals surface area contributed by atoms with E-state index in [4.69, 9.17) is 4.74 Å². The largest absolute Gasteiger partial charge is 0.466 e. The first-order valence-corrected chi connectivity index (χ1v) is 5.56. The second-order valence-electron chi connectivity index (χ2n) is 4.09. The number of nitrogens with one attached hydrogen (secondary N) is 1. The SMILES string of the molecule is CCOC(=O)C(C)C1CCCNC1C.Cl. The Kier molecular flexibility index (Phi) is 6.94. The molecule has 3 nitrogen and oxygen atoms in total. The highest BCUT2D eigenvalue weighted by Gasteiger charge is 2.31. The summed E-state index contributed by atoms with van der Waals surface area (Å²) in [6.45, 7) is 7.55. The minimum atomic E-state index is -0.0481. The minimum absolute atomic E-state index is 0. The Morgan fingerprint density at radius 1 is 1.60 bits per heavy atom. The van der Waals surface area contributed by atoms with Gasteiger partial charge in [0, 0.05) is 6.04 Å². The second-order valence-corrected chi connectivity index (χ2v) is 4.09. The summed E-state index contributed by atoms with van der Waals surface area (Å²) in [6.07, 6.45) is 2.30. The van der Waals surface area contributed by atoms with E-state index in [0.717, 1.165) is 13.0 Å². The lowest BCUT2D eigenvalue weighted by Gasteiger charge is -2.33. The quantitative estimate of drug-likeness (QED) is 0.761. The van der Waals surface area contributed by atoms with Gasteiger partial charge in [-0.2, -0.15) is 0 Å². The molecule has 0 bridgehead atoms. The molecule has 0 radical (unpaired) electrons. The summed E-state index contributed by atoms with van der Waals surface area (Å²) in [6, 6.07) is 0.433. The summed E-state index contributed by atoms with van der Waals surface area (Å²) in [4.78, 5) is 11.5. The first-order valence-electron chi connectivity index (χ1n) is 5.56. The fourth-order valence-electron chi connectivity index (χ4n) is 2.20. The molecule has 1 rings (SSSR count). The van der Waals surface area contributed by atoms with Gasteiger partial charge in [-0.25, -0.2) is 0 Å². The molecule has 0 aromatic carbocycles. The number of carbonyl (C=O) groups excluding carboxylic acids is 1. The molecule has 0 saturated carbocycles. The van der Waals surface area contributed by atoms with Crippen LogP contribution >= 0.6 is 12.4 Å². The van der Waals surface area contributed by atoms with Gasteiger partial charge in [-0.3, -0.25) is 4.79 Å². The minimum Gasteiger partial charge on any atom is -0.466 e. The number of halogens is 1. The Morgan fingerprint density at radius 3 is 2.80 bits per heavy atom. The summed E-state index contributed by atoms with van der Waals surface area (Å²) in [5.41, 5.74) is 0. The second kappa shape index (κ2) is 7.07. The fraction of sp³-hybridized carbons (Fsp3) is 0.909. The Bertz CT molecular complexity index is 199. The standard InChI is InChI=1S/C11H21NO2.ClH/c1-4-14-11(13)8(2)10-6-5-7-12-9(10)3;/h8-10,12H,4-7H2,1-3H3;1H. The van der Waals surface area contributed by atoms with Crippen LogP contribution in [0.1, 0.15) is 33.6 Å². The van der Waals surface area contributed by atoms with Gasteiger partial charge in [0.2, 0.25) is 0 Å². The van der Waals surface area contributed by atoms with Crippen LogP contribution in [0.25, 0.3) is 0 Å². The van der Waals surface area contributed by atoms with E-state index in [1.54, 1.807) is 0 Å². The van der Waals surface area contributed by atoms with Gasteiger partial charge in [-0.05, 0) is 39.2 Å². The number of piperidine rings is 1. The van der Waals surface area contributed by atoms with Gasteiger partial charge in [-0.1, -0.05) is 6.92 Å². The molecule has 0 aromatic heterocycles. The molecular weight excluding hydrogens is 214 g/mol. The first-order chi connectivity index (χ1) is 6.66. The molecule has 15 heavy (non-hydrogen) atoms. The van der Waals surface area contributed by atoms with Crippen LogP contribution < -0.4 is 5.32 Å². The van der Waals surface area contributed by atoms with Crippen LogP contribution in [-0.4, -0.2) is 25.2 Å². The van der Waals surface area contributed by atoms with E-state index in [0.29, 0.717) is 18.6 Å². The maximum atomic E-state index is 11.5. The maximum absolute atomic E-state index is 11.5. The van der Waals surface area contributed by atoms with Crippen molar-refractivity contribution in [3.8, 4) is 0 Å². The third kappa shape index (κ3) is 3.99. The van der Waals surface area contributed by atoms with Crippen molar-refractivity contribution in [3.63, 3.8) is 0 Å². The molecule has 0 aliphatic carbocycles. The molecule has 3 atom stereocenters. The molecule has 0 aromatic rings. The van der Waals surface area contributed by atoms with Crippen molar-refractivity contribution in [1.82, 2.24) is 5.32 Å². The maximum Gasteiger partial charge on any atom is 0.308 e. The average molecular weight is 236 g/mol. The van der Waals surface area contributed by atoms with Crippen molar-refractivity contribution in [1.29, 1.82) is 0 Å². The Hall–Kier alpha value is -0.280. The van der Waals surface area contributed by atoms with Crippen LogP contribution in [0.15, 0.2) is 0 Å². The van der Waals surface area contributed by atoms with Gasteiger partial charge in [0.1, 0.15) is 0 Å². The van der Waals surface area contributed by atoms with E-state index in [1.807, 2.05) is 13.8 Å². The van der Waals surface area contributed by atoms with Crippen molar-refractivity contribution < 1.29 is 9.53 Å². The van der Waals surface area contributed by atoms with Crippen LogP contribution in [0.5, 0.6) is 0 Å². The highest BCUT2D eigenvalue weighted by atomic mass is 35.5. The molecule has 1 heterocycles. The van der Waals surface area contributed by atoms with Crippen LogP contribution in [0, 0.1) is 11.8 Å². The van der Waals surface area contributed by atoms with Gasteiger partial charge in [0.15, 0.2) is 0 Å². The zero-order chi connectivity index (χ0) is 10.6. The molecule has 1 aliphatic heterocycles. The van der Waals surface area contributed by atoms with E-state index in [9.17, 15) is 4.79 Å². The number of hydrogen-bond donors (Lipinski definition) is 1. The average Bonchev–Trinajstić information content (AvgIpc) is 2.18. The van der Waals surface area contributed by atoms with Crippen LogP contribution in [0.4, 0.5) is 0 Å². The molecular formula is C11H22ClNO2. The van der Waals surface area contributed by atoms with Gasteiger partial charge < -0.3 is 10.1 Å². The number of esters is 1. The van der Waals surface area contributed by atoms with E-state index >= 15 is 0 Å². The highest BCUT2D eigenvalue weighted by molar-refractivity contribution is 5.85. The summed E-state index contributed by atoms with van der Waals surface area (Å²) in [7, 11) is 0. The number of carbonyl (C=O) groups is 1. The zero-order valence-corrected chi connectivity index (χ0v) is 10.6. The predicted molar refractivity (Wildman–Crippen MR) is 63.2 cm³/mol. The Morgan fingerprint density at radius 2 is 2.27 bits per heavy atom. The smallest absolute Gasteiger partial charge is 0.308 e. The highest BCUT2D eigenvalue weighted by Crippen LogP contribution is 2.25. The third-order valence-corrected chi connectivity index (χ3v) is 3.12. The van der Waals surface area contributed by atoms with Crippen molar-refractivity contribution in [3.05, 3.63) is 0 Å². The van der Waals surface area contributed by atoms with E-state index in [2.05, 4.69) is 12.2 Å². The van der Waals surface area contributed by atoms with E-state index in [-0.39, 0.29) is 24.3 Å². The zero-order valence-electron chi connectivity index (χ0n) is 9.79. The van der Waals surface area contributed by atoms with Gasteiger partial charge >= 0.3 is 5.97 Å². The summed E-state index contributed by atoms with van der Waals surface area (Å²) in [5, 5.41) is 3.40. The molecule has 1 aliphatic rings. The Balaban J connectivity index is 0.00000196. The van der Waals surface area contributed by atoms with Crippen LogP contribution in [0.2, 0.25) is 0 Å². The predicted octanol–water partition coefficient (Wildman–Crippen LogP) is 2.00. The molecule has 1 saturated heterocycles. The van der Waals surface area contributed by atoms with E-state index < -0.39 is 0 Å². The van der Waals surface area contributed by atoms with Crippen molar-refractivity contribution >= 4 is 18.4 Å². The van der Waals surface area contributed by atoms with Gasteiger partial charge in [-0.15, -0.1) is 12.4 Å².